The number of carboxylic acids is 1. The van der Waals surface area contributed by atoms with Crippen molar-refractivity contribution in [2.75, 3.05) is 0 Å². The highest BCUT2D eigenvalue weighted by molar-refractivity contribution is 6.13. The molecule has 0 bridgehead atoms. The molecule has 4 heterocycles. The van der Waals surface area contributed by atoms with E-state index >= 15 is 0 Å². The summed E-state index contributed by atoms with van der Waals surface area (Å²) >= 11 is 0. The van der Waals surface area contributed by atoms with Gasteiger partial charge < -0.3 is 19.0 Å². The van der Waals surface area contributed by atoms with Crippen LogP contribution in [0.4, 0.5) is 0 Å². The second kappa shape index (κ2) is 6.45. The summed E-state index contributed by atoms with van der Waals surface area (Å²) in [5.74, 6) is 0.179. The molecule has 32 heavy (non-hydrogen) atoms. The number of benzene rings is 2. The van der Waals surface area contributed by atoms with Gasteiger partial charge in [0.25, 0.3) is 0 Å². The number of pyridine rings is 1. The van der Waals surface area contributed by atoms with Gasteiger partial charge in [-0.25, -0.2) is 9.78 Å². The third kappa shape index (κ3) is 2.59. The average Bonchev–Trinajstić information content (AvgIpc) is 3.50. The van der Waals surface area contributed by atoms with Gasteiger partial charge in [0, 0.05) is 30.3 Å². The number of hydrogen-bond acceptors (Lipinski definition) is 5. The lowest BCUT2D eigenvalue weighted by Crippen LogP contribution is -1.94. The average molecular weight is 425 g/mol. The maximum absolute atomic E-state index is 11.8. The molecule has 0 saturated heterocycles. The number of aromatic amines is 1. The summed E-state index contributed by atoms with van der Waals surface area (Å²) in [6, 6.07) is 14.8. The van der Waals surface area contributed by atoms with Crippen LogP contribution in [0.3, 0.4) is 0 Å². The van der Waals surface area contributed by atoms with E-state index in [0.29, 0.717) is 33.9 Å². The van der Waals surface area contributed by atoms with E-state index in [0.717, 1.165) is 21.9 Å². The third-order valence-corrected chi connectivity index (χ3v) is 5.58. The molecule has 6 rings (SSSR count). The number of nitrogens with zero attached hydrogens (tertiary/aromatic N) is 2. The minimum absolute atomic E-state index is 0.138. The molecular formula is C24H15N3O5. The van der Waals surface area contributed by atoms with E-state index in [-0.39, 0.29) is 11.0 Å². The highest BCUT2D eigenvalue weighted by Crippen LogP contribution is 2.40. The van der Waals surface area contributed by atoms with Gasteiger partial charge in [-0.1, -0.05) is 12.1 Å². The zero-order chi connectivity index (χ0) is 22.0. The molecule has 0 atom stereocenters. The van der Waals surface area contributed by atoms with E-state index < -0.39 is 5.97 Å². The molecule has 0 spiro atoms. The Bertz CT molecular complexity index is 1730. The van der Waals surface area contributed by atoms with Crippen molar-refractivity contribution in [2.24, 2.45) is 7.05 Å². The summed E-state index contributed by atoms with van der Waals surface area (Å²) in [5, 5.41) is 13.8. The van der Waals surface area contributed by atoms with Crippen LogP contribution in [0.15, 0.2) is 74.4 Å². The first-order valence-electron chi connectivity index (χ1n) is 9.84. The van der Waals surface area contributed by atoms with E-state index in [9.17, 15) is 9.59 Å². The van der Waals surface area contributed by atoms with Crippen LogP contribution in [0, 0.1) is 0 Å². The fourth-order valence-electron chi connectivity index (χ4n) is 4.01. The van der Waals surface area contributed by atoms with E-state index in [1.165, 1.54) is 24.3 Å². The molecule has 0 aliphatic heterocycles. The zero-order valence-corrected chi connectivity index (χ0v) is 16.7. The predicted molar refractivity (Wildman–Crippen MR) is 119 cm³/mol. The van der Waals surface area contributed by atoms with Crippen molar-refractivity contribution in [3.8, 4) is 22.6 Å². The molecule has 156 valence electrons. The number of furan rings is 2. The lowest BCUT2D eigenvalue weighted by Gasteiger charge is -2.03. The highest BCUT2D eigenvalue weighted by Gasteiger charge is 2.22. The second-order valence-corrected chi connectivity index (χ2v) is 7.54. The maximum atomic E-state index is 11.8. The summed E-state index contributed by atoms with van der Waals surface area (Å²) in [7, 11) is 1.86. The normalized spacial score (nSPS) is 11.7. The zero-order valence-electron chi connectivity index (χ0n) is 16.7. The van der Waals surface area contributed by atoms with Crippen molar-refractivity contribution in [2.45, 2.75) is 0 Å². The fraction of sp³-hybridized carbons (Fsp3) is 0.0417. The number of nitrogens with one attached hydrogen (secondary N) is 1. The van der Waals surface area contributed by atoms with Crippen LogP contribution in [0.1, 0.15) is 10.4 Å². The van der Waals surface area contributed by atoms with E-state index in [2.05, 4.69) is 5.10 Å². The van der Waals surface area contributed by atoms with E-state index in [4.69, 9.17) is 18.9 Å². The summed E-state index contributed by atoms with van der Waals surface area (Å²) in [4.78, 5) is 27.7. The van der Waals surface area contributed by atoms with Crippen LogP contribution >= 0.6 is 0 Å². The molecular weight excluding hydrogens is 410 g/mol. The Hall–Kier alpha value is -4.59. The molecule has 8 nitrogen and oxygen atoms in total. The number of H-pyrrole nitrogens is 1. The van der Waals surface area contributed by atoms with Gasteiger partial charge in [-0.05, 0) is 36.4 Å². The molecule has 0 radical (unpaired) electrons. The Labute approximate surface area is 179 Å². The summed E-state index contributed by atoms with van der Waals surface area (Å²) in [5.41, 5.74) is 3.89. The lowest BCUT2D eigenvalue weighted by molar-refractivity contribution is 0.0697. The van der Waals surface area contributed by atoms with Gasteiger partial charge in [0.05, 0.1) is 16.5 Å². The standard InChI is InChI=1S/C24H15N3O5/c1-27-23-16(11-25-27)20(22-21(26-23)15-7-6-14(28)10-19(15)32-22)18-9-8-17(31-18)12-2-4-13(5-3-12)24(29)30/h2-11,25H,1H3,(H,29,30). The molecule has 4 aromatic heterocycles. The Kier molecular flexibility index (Phi) is 3.67. The molecule has 0 aliphatic carbocycles. The van der Waals surface area contributed by atoms with Crippen LogP contribution in [-0.4, -0.2) is 25.8 Å². The van der Waals surface area contributed by atoms with Crippen molar-refractivity contribution in [1.82, 2.24) is 14.8 Å². The van der Waals surface area contributed by atoms with Crippen molar-refractivity contribution in [3.05, 3.63) is 76.6 Å². The van der Waals surface area contributed by atoms with Crippen LogP contribution in [0.2, 0.25) is 0 Å². The van der Waals surface area contributed by atoms with Crippen LogP contribution in [0.5, 0.6) is 0 Å². The number of aryl methyl sites for hydroxylation is 1. The van der Waals surface area contributed by atoms with Crippen molar-refractivity contribution < 1.29 is 18.7 Å². The Balaban J connectivity index is 1.60. The summed E-state index contributed by atoms with van der Waals surface area (Å²) in [6.07, 6.45) is 1.83. The first-order chi connectivity index (χ1) is 15.5. The molecule has 0 aliphatic rings. The number of aromatic nitrogens is 3. The van der Waals surface area contributed by atoms with Gasteiger partial charge in [-0.3, -0.25) is 9.48 Å². The van der Waals surface area contributed by atoms with E-state index in [1.54, 1.807) is 22.9 Å². The van der Waals surface area contributed by atoms with Crippen molar-refractivity contribution >= 4 is 39.1 Å². The minimum Gasteiger partial charge on any atom is -0.478 e. The number of rotatable bonds is 3. The predicted octanol–water partition coefficient (Wildman–Crippen LogP) is 4.79. The van der Waals surface area contributed by atoms with Gasteiger partial charge in [-0.15, -0.1) is 0 Å². The highest BCUT2D eigenvalue weighted by atomic mass is 16.4. The first kappa shape index (κ1) is 18.2. The molecule has 2 aromatic carbocycles. The van der Waals surface area contributed by atoms with Crippen molar-refractivity contribution in [3.63, 3.8) is 0 Å². The van der Waals surface area contributed by atoms with Crippen LogP contribution < -0.4 is 5.43 Å². The number of fused-ring (bicyclic) bond motifs is 4. The van der Waals surface area contributed by atoms with Crippen LogP contribution in [0.25, 0.3) is 55.7 Å². The quantitative estimate of drug-likeness (QED) is 0.421. The minimum atomic E-state index is -0.982. The molecule has 0 amide bonds. The maximum Gasteiger partial charge on any atom is 0.335 e. The topological polar surface area (TPSA) is 114 Å². The Morgan fingerprint density at radius 2 is 1.78 bits per heavy atom. The van der Waals surface area contributed by atoms with Gasteiger partial charge in [0.15, 0.2) is 16.7 Å². The largest absolute Gasteiger partial charge is 0.478 e. The van der Waals surface area contributed by atoms with E-state index in [1.807, 2.05) is 25.4 Å². The number of carbonyl (C=O) groups is 1. The first-order valence-corrected chi connectivity index (χ1v) is 9.84. The SMILES string of the molecule is Cn1[nH]cc2c(-c3ccc(-c4ccc(C(=O)O)cc4)o3)c3oc4cc(=O)ccc4c3nc21. The number of hydrogen-bond donors (Lipinski definition) is 2. The molecule has 0 fully saturated rings. The van der Waals surface area contributed by atoms with Crippen molar-refractivity contribution in [1.29, 1.82) is 0 Å². The molecule has 2 N–H and O–H groups in total. The monoisotopic (exact) mass is 425 g/mol. The Morgan fingerprint density at radius 1 is 1.00 bits per heavy atom. The van der Waals surface area contributed by atoms with Crippen LogP contribution in [-0.2, 0) is 7.05 Å². The van der Waals surface area contributed by atoms with Gasteiger partial charge >= 0.3 is 5.97 Å². The smallest absolute Gasteiger partial charge is 0.335 e. The molecule has 0 saturated carbocycles. The number of aromatic carboxylic acids is 1. The lowest BCUT2D eigenvalue weighted by atomic mass is 10.1. The summed E-state index contributed by atoms with van der Waals surface area (Å²) in [6.45, 7) is 0. The third-order valence-electron chi connectivity index (χ3n) is 5.58. The summed E-state index contributed by atoms with van der Waals surface area (Å²) < 4.78 is 14.1. The van der Waals surface area contributed by atoms with Gasteiger partial charge in [-0.2, -0.15) is 0 Å². The fourth-order valence-corrected chi connectivity index (χ4v) is 4.01. The number of carboxylic acid groups (broad SMARTS) is 1. The van der Waals surface area contributed by atoms with Gasteiger partial charge in [0.2, 0.25) is 0 Å². The molecule has 0 unspecified atom stereocenters. The second-order valence-electron chi connectivity index (χ2n) is 7.54. The molecule has 6 aromatic rings. The van der Waals surface area contributed by atoms with Gasteiger partial charge in [0.1, 0.15) is 22.6 Å². The Morgan fingerprint density at radius 3 is 2.56 bits per heavy atom. The molecule has 8 heteroatoms.